The molecular weight excluding hydrogens is 256 g/mol. The third-order valence-electron chi connectivity index (χ3n) is 4.56. The maximum Gasteiger partial charge on any atom is 0.138 e. The van der Waals surface area contributed by atoms with Crippen LogP contribution in [0.15, 0.2) is 0 Å². The van der Waals surface area contributed by atoms with Crippen molar-refractivity contribution in [3.8, 4) is 0 Å². The Balaban J connectivity index is 5.31. The Morgan fingerprint density at radius 2 is 1.85 bits per heavy atom. The van der Waals surface area contributed by atoms with Gasteiger partial charge in [0.1, 0.15) is 12.1 Å². The van der Waals surface area contributed by atoms with Crippen LogP contribution in [-0.2, 0) is 14.3 Å². The number of ether oxygens (including phenoxy) is 1. The lowest BCUT2D eigenvalue weighted by Gasteiger charge is -2.40. The highest BCUT2D eigenvalue weighted by molar-refractivity contribution is 5.83. The molecule has 0 saturated heterocycles. The van der Waals surface area contributed by atoms with Crippen molar-refractivity contribution in [1.82, 2.24) is 0 Å². The Bertz CT molecular complexity index is 308. The van der Waals surface area contributed by atoms with E-state index in [4.69, 9.17) is 4.74 Å². The molecule has 20 heavy (non-hydrogen) atoms. The lowest BCUT2D eigenvalue weighted by atomic mass is 9.71. The first-order valence-electron chi connectivity index (χ1n) is 7.50. The summed E-state index contributed by atoms with van der Waals surface area (Å²) in [6.07, 6.45) is 1.95. The molecule has 0 fully saturated rings. The summed E-state index contributed by atoms with van der Waals surface area (Å²) in [5.41, 5.74) is -1.20. The minimum atomic E-state index is -1.20. The molecule has 1 N–H and O–H groups in total. The average molecular weight is 286 g/mol. The number of rotatable bonds is 10. The molecule has 118 valence electrons. The average Bonchev–Trinajstić information content (AvgIpc) is 2.43. The Hall–Kier alpha value is -0.740. The summed E-state index contributed by atoms with van der Waals surface area (Å²) in [6, 6.07) is 0. The third-order valence-corrected chi connectivity index (χ3v) is 4.56. The number of Topliss-reactive ketones (excluding diaryl/α,β-unsaturated/α-hetero) is 1. The van der Waals surface area contributed by atoms with Crippen molar-refractivity contribution >= 4 is 12.1 Å². The molecule has 0 aromatic carbocycles. The lowest BCUT2D eigenvalue weighted by molar-refractivity contribution is -0.149. The summed E-state index contributed by atoms with van der Waals surface area (Å²) in [6.45, 7) is 9.24. The number of ketones is 1. The van der Waals surface area contributed by atoms with Gasteiger partial charge >= 0.3 is 0 Å². The fourth-order valence-corrected chi connectivity index (χ4v) is 2.96. The second kappa shape index (κ2) is 8.53. The van der Waals surface area contributed by atoms with Gasteiger partial charge in [0.2, 0.25) is 0 Å². The smallest absolute Gasteiger partial charge is 0.138 e. The predicted molar refractivity (Wildman–Crippen MR) is 79.5 cm³/mol. The summed E-state index contributed by atoms with van der Waals surface area (Å²) in [5, 5.41) is 10.8. The number of hydrogen-bond acceptors (Lipinski definition) is 4. The van der Waals surface area contributed by atoms with E-state index in [1.807, 2.05) is 20.8 Å². The largest absolute Gasteiger partial charge is 0.387 e. The molecule has 0 radical (unpaired) electrons. The first kappa shape index (κ1) is 19.3. The van der Waals surface area contributed by atoms with E-state index in [2.05, 4.69) is 0 Å². The molecule has 0 heterocycles. The number of aliphatic hydroxyl groups is 1. The molecule has 0 aliphatic heterocycles. The molecule has 0 rings (SSSR count). The van der Waals surface area contributed by atoms with Crippen LogP contribution < -0.4 is 0 Å². The zero-order chi connectivity index (χ0) is 15.9. The Labute approximate surface area is 122 Å². The molecule has 0 aromatic heterocycles. The first-order chi connectivity index (χ1) is 9.27. The van der Waals surface area contributed by atoms with E-state index in [9.17, 15) is 14.7 Å². The van der Waals surface area contributed by atoms with Crippen LogP contribution in [-0.4, -0.2) is 36.0 Å². The van der Waals surface area contributed by atoms with Crippen molar-refractivity contribution in [1.29, 1.82) is 0 Å². The van der Waals surface area contributed by atoms with Crippen LogP contribution in [0.1, 0.15) is 53.9 Å². The molecule has 2 unspecified atom stereocenters. The molecule has 0 aromatic rings. The summed E-state index contributed by atoms with van der Waals surface area (Å²) in [5.74, 6) is -0.746. The topological polar surface area (TPSA) is 63.6 Å². The molecule has 0 aliphatic carbocycles. The van der Waals surface area contributed by atoms with Crippen molar-refractivity contribution in [2.24, 2.45) is 17.8 Å². The maximum atomic E-state index is 12.4. The molecule has 0 aliphatic rings. The van der Waals surface area contributed by atoms with Gasteiger partial charge in [0.15, 0.2) is 0 Å². The van der Waals surface area contributed by atoms with Crippen LogP contribution in [0, 0.1) is 17.8 Å². The molecule has 0 bridgehead atoms. The molecule has 4 heteroatoms. The summed E-state index contributed by atoms with van der Waals surface area (Å²) in [4.78, 5) is 23.3. The fraction of sp³-hybridized carbons (Fsp3) is 0.875. The Morgan fingerprint density at radius 3 is 2.20 bits per heavy atom. The van der Waals surface area contributed by atoms with E-state index in [1.54, 1.807) is 21.0 Å². The highest BCUT2D eigenvalue weighted by Crippen LogP contribution is 2.34. The van der Waals surface area contributed by atoms with Crippen LogP contribution in [0.25, 0.3) is 0 Å². The molecule has 0 saturated carbocycles. The van der Waals surface area contributed by atoms with Gasteiger partial charge in [-0.2, -0.15) is 0 Å². The van der Waals surface area contributed by atoms with Crippen LogP contribution in [0.3, 0.4) is 0 Å². The quantitative estimate of drug-likeness (QED) is 0.627. The molecule has 4 nitrogen and oxygen atoms in total. The van der Waals surface area contributed by atoms with Gasteiger partial charge in [-0.1, -0.05) is 27.7 Å². The highest BCUT2D eigenvalue weighted by atomic mass is 16.5. The minimum absolute atomic E-state index is 0.0578. The zero-order valence-corrected chi connectivity index (χ0v) is 13.7. The molecule has 0 spiro atoms. The van der Waals surface area contributed by atoms with Gasteiger partial charge in [-0.25, -0.2) is 0 Å². The SMILES string of the molecule is CC[C@@H](C)C(=O)C(C)C(CC=O)[C@](C)(O)[C@@H](CC)OC. The van der Waals surface area contributed by atoms with Crippen molar-refractivity contribution in [2.45, 2.75) is 65.6 Å². The molecule has 0 amide bonds. The van der Waals surface area contributed by atoms with Gasteiger partial charge in [-0.05, 0) is 19.8 Å². The number of aldehydes is 1. The van der Waals surface area contributed by atoms with Crippen molar-refractivity contribution in [3.63, 3.8) is 0 Å². The zero-order valence-electron chi connectivity index (χ0n) is 13.7. The van der Waals surface area contributed by atoms with Gasteiger partial charge in [0.05, 0.1) is 11.7 Å². The number of hydrogen-bond donors (Lipinski definition) is 1. The van der Waals surface area contributed by atoms with E-state index < -0.39 is 11.5 Å². The van der Waals surface area contributed by atoms with Gasteiger partial charge in [-0.15, -0.1) is 0 Å². The lowest BCUT2D eigenvalue weighted by Crippen LogP contribution is -2.51. The van der Waals surface area contributed by atoms with Gasteiger partial charge in [0, 0.05) is 31.3 Å². The normalized spacial score (nSPS) is 20.6. The van der Waals surface area contributed by atoms with Crippen molar-refractivity contribution < 1.29 is 19.4 Å². The fourth-order valence-electron chi connectivity index (χ4n) is 2.96. The Morgan fingerprint density at radius 1 is 1.30 bits per heavy atom. The van der Waals surface area contributed by atoms with Crippen LogP contribution in [0.5, 0.6) is 0 Å². The first-order valence-corrected chi connectivity index (χ1v) is 7.50. The summed E-state index contributed by atoms with van der Waals surface area (Å²) >= 11 is 0. The maximum absolute atomic E-state index is 12.4. The third kappa shape index (κ3) is 4.38. The van der Waals surface area contributed by atoms with E-state index in [1.165, 1.54) is 0 Å². The van der Waals surface area contributed by atoms with Crippen molar-refractivity contribution in [2.75, 3.05) is 7.11 Å². The van der Waals surface area contributed by atoms with Gasteiger partial charge < -0.3 is 14.6 Å². The van der Waals surface area contributed by atoms with E-state index in [0.29, 0.717) is 6.42 Å². The predicted octanol–water partition coefficient (Wildman–Crippen LogP) is 2.62. The number of carbonyl (C=O) groups excluding carboxylic acids is 2. The van der Waals surface area contributed by atoms with Gasteiger partial charge in [-0.3, -0.25) is 4.79 Å². The van der Waals surface area contributed by atoms with Crippen LogP contribution in [0.2, 0.25) is 0 Å². The standard InChI is InChI=1S/C16H30O4/c1-7-11(3)15(18)12(4)13(9-10-17)16(5,19)14(8-2)20-6/h10-14,19H,7-9H2,1-6H3/t11-,12?,13?,14-,16+/m1/s1. The number of carbonyl (C=O) groups is 2. The molecule has 5 atom stereocenters. The monoisotopic (exact) mass is 286 g/mol. The Kier molecular flexibility index (Phi) is 8.21. The second-order valence-corrected chi connectivity index (χ2v) is 5.87. The summed E-state index contributed by atoms with van der Waals surface area (Å²) in [7, 11) is 1.54. The van der Waals surface area contributed by atoms with E-state index >= 15 is 0 Å². The van der Waals surface area contributed by atoms with Gasteiger partial charge in [0.25, 0.3) is 0 Å². The van der Waals surface area contributed by atoms with Crippen molar-refractivity contribution in [3.05, 3.63) is 0 Å². The summed E-state index contributed by atoms with van der Waals surface area (Å²) < 4.78 is 5.33. The van der Waals surface area contributed by atoms with E-state index in [-0.39, 0.29) is 30.1 Å². The second-order valence-electron chi connectivity index (χ2n) is 5.87. The van der Waals surface area contributed by atoms with Crippen LogP contribution in [0.4, 0.5) is 0 Å². The van der Waals surface area contributed by atoms with Crippen LogP contribution >= 0.6 is 0 Å². The molecular formula is C16H30O4. The minimum Gasteiger partial charge on any atom is -0.387 e. The highest BCUT2D eigenvalue weighted by Gasteiger charge is 2.44. The van der Waals surface area contributed by atoms with E-state index in [0.717, 1.165) is 12.7 Å². The number of methoxy groups -OCH3 is 1.